The van der Waals surface area contributed by atoms with Gasteiger partial charge in [-0.15, -0.1) is 0 Å². The van der Waals surface area contributed by atoms with Crippen molar-refractivity contribution in [2.45, 2.75) is 97.1 Å². The van der Waals surface area contributed by atoms with Crippen LogP contribution in [0.3, 0.4) is 0 Å². The molecular weight excluding hydrogens is 402 g/mol. The number of fused-ring (bicyclic) bond motifs is 2. The molecule has 5 aliphatic rings. The fourth-order valence-electron chi connectivity index (χ4n) is 5.82. The van der Waals surface area contributed by atoms with Crippen LogP contribution in [0, 0.1) is 29.6 Å². The maximum Gasteiger partial charge on any atom is 0.308 e. The summed E-state index contributed by atoms with van der Waals surface area (Å²) in [6, 6.07) is 0. The number of ether oxygens (including phenoxy) is 3. The fourth-order valence-corrected chi connectivity index (χ4v) is 5.82. The summed E-state index contributed by atoms with van der Waals surface area (Å²) in [5.74, 6) is -0.299. The molecule has 5 rings (SSSR count). The zero-order chi connectivity index (χ0) is 22.4. The second kappa shape index (κ2) is 8.61. The molecule has 0 radical (unpaired) electrons. The summed E-state index contributed by atoms with van der Waals surface area (Å²) in [5.41, 5.74) is -0.674. The largest absolute Gasteiger partial charge is 0.435 e. The molecule has 1 spiro atoms. The molecule has 0 unspecified atom stereocenters. The summed E-state index contributed by atoms with van der Waals surface area (Å²) in [7, 11) is 0. The first-order valence-corrected chi connectivity index (χ1v) is 11.8. The van der Waals surface area contributed by atoms with Crippen molar-refractivity contribution in [1.29, 1.82) is 0 Å². The van der Waals surface area contributed by atoms with Gasteiger partial charge in [-0.2, -0.15) is 0 Å². The zero-order valence-corrected chi connectivity index (χ0v) is 19.3. The Balaban J connectivity index is 1.43. The van der Waals surface area contributed by atoms with Crippen molar-refractivity contribution in [3.8, 4) is 0 Å². The Morgan fingerprint density at radius 2 is 1.87 bits per heavy atom. The molecule has 4 saturated heterocycles. The summed E-state index contributed by atoms with van der Waals surface area (Å²) in [5, 5.41) is 2.82. The molecule has 8 nitrogen and oxygen atoms in total. The van der Waals surface area contributed by atoms with Crippen LogP contribution in [0.5, 0.6) is 0 Å². The Morgan fingerprint density at radius 1 is 1.10 bits per heavy atom. The Labute approximate surface area is 184 Å². The van der Waals surface area contributed by atoms with Gasteiger partial charge >= 0.3 is 5.97 Å². The standard InChI is InChI=1S/C23H37NO7/c1-13(2)12-24-18(25)8-9-19(26)27-20-15(4)17-7-6-14(3)16-10-11-22(5)29-21(28-20)23(16,17)31-30-22/h13-17,20-21H,6-12H2,1-5H3,(H,24,25)/t14-,15-,16+,17+,20-,21-,22+,23+/m1/s1. The van der Waals surface area contributed by atoms with E-state index in [1.807, 2.05) is 27.7 Å². The molecule has 1 aliphatic carbocycles. The van der Waals surface area contributed by atoms with E-state index in [4.69, 9.17) is 24.0 Å². The second-order valence-electron chi connectivity index (χ2n) is 10.5. The molecule has 0 aromatic rings. The molecule has 8 atom stereocenters. The van der Waals surface area contributed by atoms with Gasteiger partial charge in [0.25, 0.3) is 0 Å². The smallest absolute Gasteiger partial charge is 0.308 e. The van der Waals surface area contributed by atoms with E-state index in [0.29, 0.717) is 18.4 Å². The highest BCUT2D eigenvalue weighted by Crippen LogP contribution is 2.60. The Morgan fingerprint density at radius 3 is 2.61 bits per heavy atom. The van der Waals surface area contributed by atoms with Crippen molar-refractivity contribution >= 4 is 11.9 Å². The van der Waals surface area contributed by atoms with Gasteiger partial charge in [0.1, 0.15) is 0 Å². The van der Waals surface area contributed by atoms with E-state index in [1.54, 1.807) is 0 Å². The normalized spacial score (nSPS) is 43.8. The third-order valence-electron chi connectivity index (χ3n) is 7.61. The van der Waals surface area contributed by atoms with Gasteiger partial charge in [0.2, 0.25) is 18.0 Å². The topological polar surface area (TPSA) is 92.3 Å². The molecule has 0 aromatic carbocycles. The summed E-state index contributed by atoms with van der Waals surface area (Å²) < 4.78 is 18.2. The molecule has 5 fully saturated rings. The Bertz CT molecular complexity index is 699. The summed E-state index contributed by atoms with van der Waals surface area (Å²) >= 11 is 0. The van der Waals surface area contributed by atoms with Gasteiger partial charge in [-0.1, -0.05) is 27.7 Å². The first-order chi connectivity index (χ1) is 14.6. The van der Waals surface area contributed by atoms with Crippen LogP contribution in [0.2, 0.25) is 0 Å². The van der Waals surface area contributed by atoms with Gasteiger partial charge in [0, 0.05) is 31.2 Å². The molecule has 4 heterocycles. The summed E-state index contributed by atoms with van der Waals surface area (Å²) in [6.07, 6.45) is 2.47. The minimum absolute atomic E-state index is 0.0226. The van der Waals surface area contributed by atoms with Crippen LogP contribution in [-0.4, -0.2) is 42.4 Å². The number of esters is 1. The molecule has 8 heteroatoms. The van der Waals surface area contributed by atoms with Crippen LogP contribution in [0.25, 0.3) is 0 Å². The lowest BCUT2D eigenvalue weighted by Gasteiger charge is -2.59. The van der Waals surface area contributed by atoms with Crippen molar-refractivity contribution in [3.63, 3.8) is 0 Å². The van der Waals surface area contributed by atoms with Crippen LogP contribution >= 0.6 is 0 Å². The Kier molecular flexibility index (Phi) is 6.38. The predicted molar refractivity (Wildman–Crippen MR) is 110 cm³/mol. The third-order valence-corrected chi connectivity index (χ3v) is 7.61. The highest BCUT2D eigenvalue weighted by Gasteiger charge is 2.69. The molecule has 176 valence electrons. The second-order valence-corrected chi connectivity index (χ2v) is 10.5. The number of carbonyl (C=O) groups is 2. The lowest BCUT2D eigenvalue weighted by Crippen LogP contribution is -2.70. The van der Waals surface area contributed by atoms with E-state index in [-0.39, 0.29) is 36.5 Å². The van der Waals surface area contributed by atoms with Gasteiger partial charge in [0.15, 0.2) is 11.9 Å². The summed E-state index contributed by atoms with van der Waals surface area (Å²) in [6.45, 7) is 10.8. The molecule has 4 aliphatic heterocycles. The Hall–Kier alpha value is -1.22. The van der Waals surface area contributed by atoms with Crippen molar-refractivity contribution in [2.24, 2.45) is 29.6 Å². The number of nitrogens with one attached hydrogen (secondary N) is 1. The van der Waals surface area contributed by atoms with Crippen LogP contribution in [-0.2, 0) is 33.6 Å². The quantitative estimate of drug-likeness (QED) is 0.501. The van der Waals surface area contributed by atoms with Crippen LogP contribution < -0.4 is 5.32 Å². The van der Waals surface area contributed by atoms with E-state index in [1.165, 1.54) is 0 Å². The maximum atomic E-state index is 12.5. The van der Waals surface area contributed by atoms with Gasteiger partial charge < -0.3 is 19.5 Å². The van der Waals surface area contributed by atoms with Crippen LogP contribution in [0.4, 0.5) is 0 Å². The monoisotopic (exact) mass is 439 g/mol. The zero-order valence-electron chi connectivity index (χ0n) is 19.3. The van der Waals surface area contributed by atoms with Crippen molar-refractivity contribution in [2.75, 3.05) is 6.54 Å². The SMILES string of the molecule is CC(C)CNC(=O)CCC(=O)O[C@@H]1O[C@@H]2O[C@]3(C)CC[C@H]4[C@H](C)CC[C@@H]([C@H]1C)[C@]24OO3. The predicted octanol–water partition coefficient (Wildman–Crippen LogP) is 3.29. The highest BCUT2D eigenvalue weighted by atomic mass is 17.3. The number of hydrogen-bond acceptors (Lipinski definition) is 7. The van der Waals surface area contributed by atoms with Gasteiger partial charge in [-0.05, 0) is 43.9 Å². The molecule has 2 bridgehead atoms. The summed E-state index contributed by atoms with van der Waals surface area (Å²) in [4.78, 5) is 36.3. The number of rotatable bonds is 6. The average Bonchev–Trinajstić information content (AvgIpc) is 2.94. The molecule has 31 heavy (non-hydrogen) atoms. The highest BCUT2D eigenvalue weighted by molar-refractivity contribution is 5.81. The molecule has 1 saturated carbocycles. The third kappa shape index (κ3) is 4.24. The van der Waals surface area contributed by atoms with Crippen LogP contribution in [0.15, 0.2) is 0 Å². The average molecular weight is 440 g/mol. The van der Waals surface area contributed by atoms with Crippen molar-refractivity contribution in [3.05, 3.63) is 0 Å². The van der Waals surface area contributed by atoms with Gasteiger partial charge in [-0.25, -0.2) is 9.78 Å². The molecule has 1 amide bonds. The van der Waals surface area contributed by atoms with Crippen LogP contribution in [0.1, 0.15) is 73.1 Å². The number of carbonyl (C=O) groups excluding carboxylic acids is 2. The molecular formula is C23H37NO7. The maximum absolute atomic E-state index is 12.5. The van der Waals surface area contributed by atoms with E-state index in [0.717, 1.165) is 25.7 Å². The molecule has 1 N–H and O–H groups in total. The number of hydrogen-bond donors (Lipinski definition) is 1. The lowest BCUT2D eigenvalue weighted by molar-refractivity contribution is -0.576. The van der Waals surface area contributed by atoms with Gasteiger partial charge in [-0.3, -0.25) is 9.59 Å². The van der Waals surface area contributed by atoms with E-state index < -0.39 is 29.9 Å². The van der Waals surface area contributed by atoms with Gasteiger partial charge in [0.05, 0.1) is 6.42 Å². The van der Waals surface area contributed by atoms with E-state index >= 15 is 0 Å². The van der Waals surface area contributed by atoms with E-state index in [9.17, 15) is 9.59 Å². The van der Waals surface area contributed by atoms with E-state index in [2.05, 4.69) is 12.2 Å². The van der Waals surface area contributed by atoms with Crippen molar-refractivity contribution < 1.29 is 33.6 Å². The minimum Gasteiger partial charge on any atom is -0.435 e. The molecule has 0 aromatic heterocycles. The fraction of sp³-hybridized carbons (Fsp3) is 0.913. The minimum atomic E-state index is -0.860. The first kappa shape index (κ1) is 23.0. The lowest BCUT2D eigenvalue weighted by atomic mass is 9.58. The first-order valence-electron chi connectivity index (χ1n) is 11.8. The van der Waals surface area contributed by atoms with Crippen molar-refractivity contribution in [1.82, 2.24) is 5.32 Å². The number of amides is 1.